The highest BCUT2D eigenvalue weighted by atomic mass is 35.5. The van der Waals surface area contributed by atoms with Gasteiger partial charge in [-0.15, -0.1) is 0 Å². The standard InChI is InChI=1S/C13H19ClN2O4S/c1-9(2)6-10(7-12(17)18)8-16-21(19,20)11-4-3-5-15-13(11)14/h3-5,9-10,16H,6-8H2,1-2H3,(H,17,18). The van der Waals surface area contributed by atoms with Crippen molar-refractivity contribution in [3.05, 3.63) is 23.5 Å². The van der Waals surface area contributed by atoms with Crippen molar-refractivity contribution in [1.29, 1.82) is 0 Å². The first-order valence-corrected chi connectivity index (χ1v) is 8.40. The highest BCUT2D eigenvalue weighted by Crippen LogP contribution is 2.19. The molecule has 1 unspecified atom stereocenters. The predicted octanol–water partition coefficient (Wildman–Crippen LogP) is 2.15. The number of pyridine rings is 1. The third-order valence-electron chi connectivity index (χ3n) is 2.84. The Hall–Kier alpha value is -1.18. The number of aromatic nitrogens is 1. The van der Waals surface area contributed by atoms with Crippen LogP contribution in [0.25, 0.3) is 0 Å². The lowest BCUT2D eigenvalue weighted by molar-refractivity contribution is -0.138. The minimum absolute atomic E-state index is 0.0536. The maximum atomic E-state index is 12.1. The van der Waals surface area contributed by atoms with Crippen molar-refractivity contribution in [2.45, 2.75) is 31.6 Å². The molecule has 118 valence electrons. The Labute approximate surface area is 129 Å². The molecule has 1 aromatic heterocycles. The third-order valence-corrected chi connectivity index (χ3v) is 4.71. The second kappa shape index (κ2) is 7.72. The molecule has 8 heteroatoms. The molecule has 0 saturated heterocycles. The van der Waals surface area contributed by atoms with Crippen molar-refractivity contribution in [3.63, 3.8) is 0 Å². The molecule has 1 atom stereocenters. The molecule has 0 aliphatic rings. The van der Waals surface area contributed by atoms with Gasteiger partial charge in [0.25, 0.3) is 0 Å². The summed E-state index contributed by atoms with van der Waals surface area (Å²) in [6.45, 7) is 3.97. The number of hydrogen-bond acceptors (Lipinski definition) is 4. The number of hydrogen-bond donors (Lipinski definition) is 2. The van der Waals surface area contributed by atoms with Crippen LogP contribution in [0.15, 0.2) is 23.2 Å². The van der Waals surface area contributed by atoms with Gasteiger partial charge in [0.15, 0.2) is 0 Å². The lowest BCUT2D eigenvalue weighted by Crippen LogP contribution is -2.31. The number of carboxylic acid groups (broad SMARTS) is 1. The Kier molecular flexibility index (Phi) is 6.57. The van der Waals surface area contributed by atoms with E-state index in [9.17, 15) is 13.2 Å². The van der Waals surface area contributed by atoms with E-state index < -0.39 is 16.0 Å². The number of rotatable bonds is 8. The van der Waals surface area contributed by atoms with Crippen LogP contribution in [0.4, 0.5) is 0 Å². The SMILES string of the molecule is CC(C)CC(CNS(=O)(=O)c1cccnc1Cl)CC(=O)O. The first-order chi connectivity index (χ1) is 9.72. The number of nitrogens with zero attached hydrogens (tertiary/aromatic N) is 1. The summed E-state index contributed by atoms with van der Waals surface area (Å²) in [6.07, 6.45) is 1.93. The quantitative estimate of drug-likeness (QED) is 0.710. The van der Waals surface area contributed by atoms with E-state index >= 15 is 0 Å². The fourth-order valence-corrected chi connectivity index (χ4v) is 3.60. The van der Waals surface area contributed by atoms with E-state index in [4.69, 9.17) is 16.7 Å². The first kappa shape index (κ1) is 17.9. The summed E-state index contributed by atoms with van der Waals surface area (Å²) < 4.78 is 26.7. The molecule has 0 amide bonds. The predicted molar refractivity (Wildman–Crippen MR) is 79.6 cm³/mol. The van der Waals surface area contributed by atoms with Gasteiger partial charge in [0.1, 0.15) is 10.0 Å². The number of aliphatic carboxylic acids is 1. The highest BCUT2D eigenvalue weighted by Gasteiger charge is 2.22. The van der Waals surface area contributed by atoms with Gasteiger partial charge in [0.2, 0.25) is 10.0 Å². The van der Waals surface area contributed by atoms with Crippen LogP contribution in [0.1, 0.15) is 26.7 Å². The number of sulfonamides is 1. The Bertz CT molecular complexity index is 590. The molecule has 0 aliphatic carbocycles. The van der Waals surface area contributed by atoms with E-state index in [1.165, 1.54) is 18.3 Å². The normalized spacial score (nSPS) is 13.3. The maximum absolute atomic E-state index is 12.1. The van der Waals surface area contributed by atoms with E-state index in [1.54, 1.807) is 0 Å². The second-order valence-electron chi connectivity index (χ2n) is 5.24. The van der Waals surface area contributed by atoms with Crippen molar-refractivity contribution in [2.75, 3.05) is 6.54 Å². The third kappa shape index (κ3) is 5.99. The highest BCUT2D eigenvalue weighted by molar-refractivity contribution is 7.89. The molecule has 6 nitrogen and oxygen atoms in total. The number of carboxylic acids is 1. The van der Waals surface area contributed by atoms with Crippen LogP contribution < -0.4 is 4.72 Å². The molecule has 1 heterocycles. The zero-order valence-corrected chi connectivity index (χ0v) is 13.5. The van der Waals surface area contributed by atoms with E-state index in [2.05, 4.69) is 9.71 Å². The summed E-state index contributed by atoms with van der Waals surface area (Å²) in [5.74, 6) is -0.937. The van der Waals surface area contributed by atoms with Crippen LogP contribution in [-0.2, 0) is 14.8 Å². The zero-order chi connectivity index (χ0) is 16.0. The maximum Gasteiger partial charge on any atom is 0.303 e. The van der Waals surface area contributed by atoms with Crippen LogP contribution in [0.5, 0.6) is 0 Å². The monoisotopic (exact) mass is 334 g/mol. The Morgan fingerprint density at radius 1 is 1.48 bits per heavy atom. The van der Waals surface area contributed by atoms with Crippen molar-refractivity contribution in [2.24, 2.45) is 11.8 Å². The molecule has 1 rings (SSSR count). The minimum atomic E-state index is -3.79. The summed E-state index contributed by atoms with van der Waals surface area (Å²) in [5.41, 5.74) is 0. The lowest BCUT2D eigenvalue weighted by atomic mass is 9.94. The molecule has 1 aromatic rings. The van der Waals surface area contributed by atoms with Crippen LogP contribution in [0, 0.1) is 11.8 Å². The van der Waals surface area contributed by atoms with Crippen LogP contribution in [0.2, 0.25) is 5.15 Å². The minimum Gasteiger partial charge on any atom is -0.481 e. The fraction of sp³-hybridized carbons (Fsp3) is 0.538. The van der Waals surface area contributed by atoms with Gasteiger partial charge < -0.3 is 5.11 Å². The van der Waals surface area contributed by atoms with Gasteiger partial charge in [-0.2, -0.15) is 0 Å². The van der Waals surface area contributed by atoms with E-state index in [1.807, 2.05) is 13.8 Å². The van der Waals surface area contributed by atoms with Gasteiger partial charge in [0, 0.05) is 19.2 Å². The van der Waals surface area contributed by atoms with Gasteiger partial charge in [-0.05, 0) is 30.4 Å². The van der Waals surface area contributed by atoms with Gasteiger partial charge in [0.05, 0.1) is 0 Å². The molecule has 0 spiro atoms. The molecule has 0 bridgehead atoms. The van der Waals surface area contributed by atoms with Crippen molar-refractivity contribution >= 4 is 27.6 Å². The van der Waals surface area contributed by atoms with Gasteiger partial charge in [-0.25, -0.2) is 18.1 Å². The molecule has 2 N–H and O–H groups in total. The lowest BCUT2D eigenvalue weighted by Gasteiger charge is -2.18. The first-order valence-electron chi connectivity index (χ1n) is 6.54. The Morgan fingerprint density at radius 2 is 2.14 bits per heavy atom. The summed E-state index contributed by atoms with van der Waals surface area (Å²) in [4.78, 5) is 14.4. The number of nitrogens with one attached hydrogen (secondary N) is 1. The fourth-order valence-electron chi connectivity index (χ4n) is 2.03. The van der Waals surface area contributed by atoms with Gasteiger partial charge in [-0.3, -0.25) is 4.79 Å². The molecular formula is C13H19ClN2O4S. The summed E-state index contributed by atoms with van der Waals surface area (Å²) in [5, 5.41) is 8.77. The second-order valence-corrected chi connectivity index (χ2v) is 7.33. The molecule has 0 saturated carbocycles. The van der Waals surface area contributed by atoms with Crippen LogP contribution in [0.3, 0.4) is 0 Å². The smallest absolute Gasteiger partial charge is 0.303 e. The van der Waals surface area contributed by atoms with Gasteiger partial charge >= 0.3 is 5.97 Å². The van der Waals surface area contributed by atoms with Crippen molar-refractivity contribution < 1.29 is 18.3 Å². The number of halogens is 1. The molecule has 0 aromatic carbocycles. The largest absolute Gasteiger partial charge is 0.481 e. The number of carbonyl (C=O) groups is 1. The Balaban J connectivity index is 2.78. The van der Waals surface area contributed by atoms with Gasteiger partial charge in [-0.1, -0.05) is 25.4 Å². The summed E-state index contributed by atoms with van der Waals surface area (Å²) >= 11 is 5.77. The van der Waals surface area contributed by atoms with Crippen molar-refractivity contribution in [1.82, 2.24) is 9.71 Å². The van der Waals surface area contributed by atoms with E-state index in [0.717, 1.165) is 0 Å². The van der Waals surface area contributed by atoms with Crippen LogP contribution >= 0.6 is 11.6 Å². The average molecular weight is 335 g/mol. The summed E-state index contributed by atoms with van der Waals surface area (Å²) in [6, 6.07) is 2.83. The molecule has 0 fully saturated rings. The van der Waals surface area contributed by atoms with E-state index in [0.29, 0.717) is 6.42 Å². The molecule has 0 radical (unpaired) electrons. The topological polar surface area (TPSA) is 96.4 Å². The Morgan fingerprint density at radius 3 is 2.67 bits per heavy atom. The summed E-state index contributed by atoms with van der Waals surface area (Å²) in [7, 11) is -3.79. The van der Waals surface area contributed by atoms with Crippen LogP contribution in [-0.4, -0.2) is 31.0 Å². The van der Waals surface area contributed by atoms with Crippen molar-refractivity contribution in [3.8, 4) is 0 Å². The average Bonchev–Trinajstić information content (AvgIpc) is 2.35. The molecular weight excluding hydrogens is 316 g/mol. The molecule has 21 heavy (non-hydrogen) atoms. The zero-order valence-electron chi connectivity index (χ0n) is 11.9. The van der Waals surface area contributed by atoms with E-state index in [-0.39, 0.29) is 34.8 Å². The molecule has 0 aliphatic heterocycles.